The van der Waals surface area contributed by atoms with Crippen LogP contribution >= 0.6 is 24.8 Å². The van der Waals surface area contributed by atoms with Gasteiger partial charge in [0.05, 0.1) is 34.5 Å². The van der Waals surface area contributed by atoms with Gasteiger partial charge in [0.2, 0.25) is 5.96 Å². The van der Waals surface area contributed by atoms with Crippen LogP contribution in [0.1, 0.15) is 0 Å². The van der Waals surface area contributed by atoms with Gasteiger partial charge in [-0.15, -0.1) is 24.8 Å². The van der Waals surface area contributed by atoms with Crippen LogP contribution in [0, 0.1) is 0 Å². The molecule has 0 aromatic heterocycles. The molecule has 2 aliphatic heterocycles. The van der Waals surface area contributed by atoms with Crippen LogP contribution in [-0.4, -0.2) is 73.7 Å². The molecule has 1 fully saturated rings. The van der Waals surface area contributed by atoms with Gasteiger partial charge in [-0.2, -0.15) is 4.36 Å². The van der Waals surface area contributed by atoms with Gasteiger partial charge in [-0.1, -0.05) is 0 Å². The van der Waals surface area contributed by atoms with Crippen LogP contribution < -0.4 is 9.47 Å². The number of nitrogens with zero attached hydrogens (tertiary/aromatic N) is 4. The van der Waals surface area contributed by atoms with Crippen LogP contribution in [-0.2, 0) is 9.73 Å². The molecule has 0 radical (unpaired) electrons. The minimum absolute atomic E-state index is 0. The molecule has 1 aromatic rings. The van der Waals surface area contributed by atoms with Gasteiger partial charge < -0.3 is 19.3 Å². The van der Waals surface area contributed by atoms with E-state index in [4.69, 9.17) is 9.47 Å². The predicted molar refractivity (Wildman–Crippen MR) is 105 cm³/mol. The number of halogens is 2. The molecule has 1 atom stereocenters. The Morgan fingerprint density at radius 3 is 2.16 bits per heavy atom. The number of benzene rings is 1. The zero-order valence-electron chi connectivity index (χ0n) is 14.7. The first-order valence-electron chi connectivity index (χ1n) is 7.45. The average Bonchev–Trinajstić information content (AvgIpc) is 2.53. The second-order valence-electron chi connectivity index (χ2n) is 5.77. The minimum Gasteiger partial charge on any atom is -0.493 e. The highest BCUT2D eigenvalue weighted by molar-refractivity contribution is 7.93. The number of ether oxygens (including phenoxy) is 2. The number of aliphatic imine (C=N–C) groups is 1. The second kappa shape index (κ2) is 8.44. The Bertz CT molecular complexity index is 770. The van der Waals surface area contributed by atoms with Gasteiger partial charge >= 0.3 is 0 Å². The Morgan fingerprint density at radius 1 is 1.04 bits per heavy atom. The van der Waals surface area contributed by atoms with Crippen molar-refractivity contribution in [1.82, 2.24) is 9.80 Å². The number of methoxy groups -OCH3 is 2. The molecule has 1 aromatic carbocycles. The maximum Gasteiger partial charge on any atom is 0.234 e. The van der Waals surface area contributed by atoms with E-state index in [0.717, 1.165) is 26.2 Å². The topological polar surface area (TPSA) is 66.7 Å². The molecule has 25 heavy (non-hydrogen) atoms. The van der Waals surface area contributed by atoms with Crippen molar-refractivity contribution in [2.45, 2.75) is 4.90 Å². The lowest BCUT2D eigenvalue weighted by molar-refractivity contribution is 0.214. The number of piperazine rings is 1. The van der Waals surface area contributed by atoms with Crippen molar-refractivity contribution in [3.05, 3.63) is 12.1 Å². The number of fused-ring (bicyclic) bond motifs is 1. The molecule has 3 rings (SSSR count). The van der Waals surface area contributed by atoms with Crippen molar-refractivity contribution < 1.29 is 13.7 Å². The lowest BCUT2D eigenvalue weighted by Gasteiger charge is -2.34. The number of likely N-dealkylation sites (N-methyl/N-ethyl adjacent to an activating group) is 1. The van der Waals surface area contributed by atoms with Crippen molar-refractivity contribution in [2.24, 2.45) is 9.36 Å². The summed E-state index contributed by atoms with van der Waals surface area (Å²) in [5.41, 5.74) is 0.638. The van der Waals surface area contributed by atoms with E-state index in [1.807, 2.05) is 0 Å². The fourth-order valence-corrected chi connectivity index (χ4v) is 4.09. The number of guanidine groups is 1. The van der Waals surface area contributed by atoms with Crippen LogP contribution in [0.5, 0.6) is 11.5 Å². The van der Waals surface area contributed by atoms with Crippen LogP contribution in [0.25, 0.3) is 0 Å². The molecule has 10 heteroatoms. The van der Waals surface area contributed by atoms with Gasteiger partial charge in [-0.05, 0) is 7.05 Å². The Labute approximate surface area is 161 Å². The average molecular weight is 411 g/mol. The minimum atomic E-state index is -2.56. The molecule has 0 bridgehead atoms. The highest BCUT2D eigenvalue weighted by Crippen LogP contribution is 2.39. The summed E-state index contributed by atoms with van der Waals surface area (Å²) in [5, 5.41) is 0. The molecule has 1 saturated heterocycles. The molecule has 2 aliphatic rings. The molecule has 0 N–H and O–H groups in total. The second-order valence-corrected chi connectivity index (χ2v) is 8.00. The van der Waals surface area contributed by atoms with Crippen LogP contribution in [0.3, 0.4) is 0 Å². The zero-order valence-corrected chi connectivity index (χ0v) is 17.2. The number of rotatable bonds is 2. The number of hydrogen-bond acceptors (Lipinski definition) is 7. The van der Waals surface area contributed by atoms with Gasteiger partial charge in [0.1, 0.15) is 0 Å². The summed E-state index contributed by atoms with van der Waals surface area (Å²) in [4.78, 5) is 9.55. The molecule has 142 valence electrons. The summed E-state index contributed by atoms with van der Waals surface area (Å²) < 4.78 is 28.1. The van der Waals surface area contributed by atoms with E-state index < -0.39 is 9.73 Å². The summed E-state index contributed by atoms with van der Waals surface area (Å²) in [6.07, 6.45) is 1.64. The third-order valence-electron chi connectivity index (χ3n) is 4.14. The Balaban J connectivity index is 0.00000156. The van der Waals surface area contributed by atoms with E-state index >= 15 is 0 Å². The summed E-state index contributed by atoms with van der Waals surface area (Å²) in [6, 6.07) is 3.48. The highest BCUT2D eigenvalue weighted by Gasteiger charge is 2.26. The van der Waals surface area contributed by atoms with Crippen LogP contribution in [0.4, 0.5) is 5.69 Å². The fourth-order valence-electron chi connectivity index (χ4n) is 2.71. The predicted octanol–water partition coefficient (Wildman–Crippen LogP) is 2.25. The van der Waals surface area contributed by atoms with Crippen molar-refractivity contribution in [1.29, 1.82) is 0 Å². The third kappa shape index (κ3) is 4.31. The third-order valence-corrected chi connectivity index (χ3v) is 5.79. The van der Waals surface area contributed by atoms with E-state index in [1.165, 1.54) is 0 Å². The summed E-state index contributed by atoms with van der Waals surface area (Å²) in [7, 11) is 2.66. The molecule has 7 nitrogen and oxygen atoms in total. The monoisotopic (exact) mass is 410 g/mol. The van der Waals surface area contributed by atoms with Gasteiger partial charge in [0.15, 0.2) is 11.5 Å². The summed E-state index contributed by atoms with van der Waals surface area (Å²) in [5.74, 6) is 1.66. The first-order chi connectivity index (χ1) is 10.9. The van der Waals surface area contributed by atoms with E-state index in [1.54, 1.807) is 32.6 Å². The molecule has 0 amide bonds. The SMILES string of the molecule is COc1cc2c(cc1OC)S(C)(=O)=NC(N1CCN(C)CC1)=N2.Cl.Cl. The smallest absolute Gasteiger partial charge is 0.234 e. The Kier molecular flexibility index (Phi) is 7.37. The maximum atomic E-state index is 13.0. The summed E-state index contributed by atoms with van der Waals surface area (Å²) >= 11 is 0. The quantitative estimate of drug-likeness (QED) is 0.747. The van der Waals surface area contributed by atoms with Crippen molar-refractivity contribution >= 4 is 46.2 Å². The lowest BCUT2D eigenvalue weighted by Crippen LogP contribution is -2.47. The molecule has 0 aliphatic carbocycles. The first kappa shape index (κ1) is 21.8. The van der Waals surface area contributed by atoms with Crippen LogP contribution in [0.2, 0.25) is 0 Å². The lowest BCUT2D eigenvalue weighted by atomic mass is 10.2. The van der Waals surface area contributed by atoms with Crippen molar-refractivity contribution in [3.8, 4) is 11.5 Å². The molecule has 2 heterocycles. The number of hydrogen-bond donors (Lipinski definition) is 0. The first-order valence-corrected chi connectivity index (χ1v) is 9.37. The van der Waals surface area contributed by atoms with E-state index in [-0.39, 0.29) is 24.8 Å². The van der Waals surface area contributed by atoms with E-state index in [0.29, 0.717) is 28.0 Å². The Morgan fingerprint density at radius 2 is 1.60 bits per heavy atom. The largest absolute Gasteiger partial charge is 0.493 e. The van der Waals surface area contributed by atoms with Crippen molar-refractivity contribution in [2.75, 3.05) is 53.7 Å². The van der Waals surface area contributed by atoms with Gasteiger partial charge in [-0.25, -0.2) is 9.20 Å². The van der Waals surface area contributed by atoms with Crippen molar-refractivity contribution in [3.63, 3.8) is 0 Å². The molecule has 0 saturated carbocycles. The maximum absolute atomic E-state index is 13.0. The van der Waals surface area contributed by atoms with E-state index in [2.05, 4.69) is 26.2 Å². The van der Waals surface area contributed by atoms with Gasteiger partial charge in [-0.3, -0.25) is 0 Å². The Hall–Kier alpha value is -1.22. The fraction of sp³-hybridized carbons (Fsp3) is 0.533. The summed E-state index contributed by atoms with van der Waals surface area (Å²) in [6.45, 7) is 3.55. The molecule has 0 spiro atoms. The molecular formula is C15H24Cl2N4O3S. The standard InChI is InChI=1S/C15H22N4O3S.2ClH/c1-18-5-7-19(8-6-18)15-16-11-9-12(21-2)13(22-3)10-14(11)23(4,20)17-15;;/h9-10H,5-8H2,1-4H3;2*1H. The normalized spacial score (nSPS) is 22.6. The highest BCUT2D eigenvalue weighted by atomic mass is 35.5. The molecule has 1 unspecified atom stereocenters. The zero-order chi connectivity index (χ0) is 16.6. The van der Waals surface area contributed by atoms with E-state index in [9.17, 15) is 4.21 Å². The van der Waals surface area contributed by atoms with Gasteiger partial charge in [0.25, 0.3) is 0 Å². The molecular weight excluding hydrogens is 387 g/mol. The van der Waals surface area contributed by atoms with Crippen LogP contribution in [0.15, 0.2) is 26.4 Å². The van der Waals surface area contributed by atoms with Gasteiger partial charge in [0, 0.05) is 44.6 Å².